The molecule has 2 aliphatic heterocycles. The van der Waals surface area contributed by atoms with Crippen LogP contribution in [0.25, 0.3) is 28.1 Å². The molecule has 4 heterocycles. The van der Waals surface area contributed by atoms with Crippen LogP contribution in [0.1, 0.15) is 22.5 Å². The van der Waals surface area contributed by atoms with E-state index in [0.29, 0.717) is 11.6 Å². The van der Waals surface area contributed by atoms with Crippen molar-refractivity contribution in [3.05, 3.63) is 131 Å². The zero-order chi connectivity index (χ0) is 28.6. The molecule has 6 heteroatoms. The number of halogens is 1. The zero-order valence-electron chi connectivity index (χ0n) is 23.8. The predicted octanol–water partition coefficient (Wildman–Crippen LogP) is 8.00. The van der Waals surface area contributed by atoms with Gasteiger partial charge in [0.05, 0.1) is 5.70 Å². The van der Waals surface area contributed by atoms with Crippen LogP contribution in [0.4, 0.5) is 11.4 Å². The highest BCUT2D eigenvalue weighted by Gasteiger charge is 2.28. The fourth-order valence-corrected chi connectivity index (χ4v) is 6.21. The summed E-state index contributed by atoms with van der Waals surface area (Å²) in [7, 11) is 2.19. The Morgan fingerprint density at radius 3 is 2.45 bits per heavy atom. The number of nitrogens with zero attached hydrogens (tertiary/aromatic N) is 4. The molecule has 3 aromatic carbocycles. The topological polar surface area (TPSA) is 35.8 Å². The number of likely N-dealkylation sites (N-methyl/N-ethyl adjacent to an activating group) is 1. The Bertz CT molecular complexity index is 1740. The molecule has 0 N–H and O–H groups in total. The van der Waals surface area contributed by atoms with Gasteiger partial charge in [-0.3, -0.25) is 4.98 Å². The summed E-state index contributed by atoms with van der Waals surface area (Å²) in [4.78, 5) is 11.6. The Hall–Kier alpha value is -4.32. The summed E-state index contributed by atoms with van der Waals surface area (Å²) in [5.74, 6) is 1.66. The minimum Gasteiger partial charge on any atom is -0.454 e. The Balaban J connectivity index is 1.32. The van der Waals surface area contributed by atoms with Gasteiger partial charge in [-0.1, -0.05) is 48.5 Å². The van der Waals surface area contributed by atoms with Gasteiger partial charge in [0.1, 0.15) is 5.76 Å². The van der Waals surface area contributed by atoms with Crippen LogP contribution in [0.2, 0.25) is 5.02 Å². The third kappa shape index (κ3) is 5.11. The molecule has 7 rings (SSSR count). The highest BCUT2D eigenvalue weighted by atomic mass is 35.5. The second-order valence-corrected chi connectivity index (χ2v) is 11.6. The molecular formula is C36H33ClN4O. The van der Waals surface area contributed by atoms with Crippen molar-refractivity contribution in [3.8, 4) is 22.5 Å². The van der Waals surface area contributed by atoms with E-state index >= 15 is 0 Å². The van der Waals surface area contributed by atoms with Gasteiger partial charge in [-0.2, -0.15) is 0 Å². The smallest absolute Gasteiger partial charge is 0.154 e. The lowest BCUT2D eigenvalue weighted by atomic mass is 10.00. The van der Waals surface area contributed by atoms with Crippen molar-refractivity contribution in [2.45, 2.75) is 13.0 Å². The zero-order valence-corrected chi connectivity index (χ0v) is 24.5. The summed E-state index contributed by atoms with van der Waals surface area (Å²) in [5.41, 5.74) is 10.2. The fourth-order valence-electron chi connectivity index (χ4n) is 6.08. The SMILES string of the molecule is C=C1c2oc(-c3ccc(Cl)cc3)cc2Cc2cc(N3CCN(C)CC3)ccc2N1Cc1ccccc1-c1cccnc1. The summed E-state index contributed by atoms with van der Waals surface area (Å²) in [5, 5.41) is 0.708. The van der Waals surface area contributed by atoms with E-state index in [1.807, 2.05) is 42.7 Å². The first kappa shape index (κ1) is 26.6. The third-order valence-corrected chi connectivity index (χ3v) is 8.70. The van der Waals surface area contributed by atoms with Crippen LogP contribution >= 0.6 is 11.6 Å². The van der Waals surface area contributed by atoms with Crippen LogP contribution in [0.15, 0.2) is 108 Å². The number of benzene rings is 3. The minimum atomic E-state index is 0.654. The first-order valence-electron chi connectivity index (χ1n) is 14.4. The highest BCUT2D eigenvalue weighted by Crippen LogP contribution is 2.42. The van der Waals surface area contributed by atoms with Crippen molar-refractivity contribution >= 4 is 28.7 Å². The Labute approximate surface area is 252 Å². The minimum absolute atomic E-state index is 0.654. The number of hydrogen-bond donors (Lipinski definition) is 0. The molecule has 1 saturated heterocycles. The second kappa shape index (κ2) is 11.2. The molecule has 0 unspecified atom stereocenters. The molecule has 0 spiro atoms. The lowest BCUT2D eigenvalue weighted by Crippen LogP contribution is -2.44. The van der Waals surface area contributed by atoms with Crippen molar-refractivity contribution in [2.75, 3.05) is 43.0 Å². The van der Waals surface area contributed by atoms with Crippen molar-refractivity contribution < 1.29 is 4.42 Å². The largest absolute Gasteiger partial charge is 0.454 e. The van der Waals surface area contributed by atoms with Crippen molar-refractivity contribution in [1.82, 2.24) is 9.88 Å². The Kier molecular flexibility index (Phi) is 7.06. The van der Waals surface area contributed by atoms with E-state index in [1.54, 1.807) is 0 Å². The van der Waals surface area contributed by atoms with Crippen LogP contribution in [-0.2, 0) is 13.0 Å². The molecule has 0 aliphatic carbocycles. The molecule has 0 amide bonds. The van der Waals surface area contributed by atoms with Crippen molar-refractivity contribution in [1.29, 1.82) is 0 Å². The third-order valence-electron chi connectivity index (χ3n) is 8.45. The summed E-state index contributed by atoms with van der Waals surface area (Å²) in [6.07, 6.45) is 4.51. The van der Waals surface area contributed by atoms with Gasteiger partial charge < -0.3 is 19.1 Å². The van der Waals surface area contributed by atoms with E-state index in [1.165, 1.54) is 28.1 Å². The number of pyridine rings is 1. The van der Waals surface area contributed by atoms with Gasteiger partial charge in [0.15, 0.2) is 5.76 Å². The normalized spacial score (nSPS) is 15.3. The number of furan rings is 1. The van der Waals surface area contributed by atoms with Crippen LogP contribution in [0.5, 0.6) is 0 Å². The van der Waals surface area contributed by atoms with Crippen molar-refractivity contribution in [3.63, 3.8) is 0 Å². The molecule has 210 valence electrons. The molecule has 5 nitrogen and oxygen atoms in total. The maximum atomic E-state index is 6.59. The molecule has 5 aromatic rings. The lowest BCUT2D eigenvalue weighted by Gasteiger charge is -2.35. The maximum Gasteiger partial charge on any atom is 0.154 e. The molecule has 0 bridgehead atoms. The van der Waals surface area contributed by atoms with Gasteiger partial charge in [-0.15, -0.1) is 0 Å². The average molecular weight is 573 g/mol. The van der Waals surface area contributed by atoms with Crippen LogP contribution in [0, 0.1) is 0 Å². The van der Waals surface area contributed by atoms with Gasteiger partial charge in [0, 0.05) is 84.6 Å². The second-order valence-electron chi connectivity index (χ2n) is 11.2. The Morgan fingerprint density at radius 1 is 0.857 bits per heavy atom. The van der Waals surface area contributed by atoms with Gasteiger partial charge in [0.2, 0.25) is 0 Å². The summed E-state index contributed by atoms with van der Waals surface area (Å²) in [6.45, 7) is 9.47. The van der Waals surface area contributed by atoms with Crippen LogP contribution in [-0.4, -0.2) is 43.1 Å². The van der Waals surface area contributed by atoms with Crippen molar-refractivity contribution in [2.24, 2.45) is 0 Å². The number of fused-ring (bicyclic) bond motifs is 2. The average Bonchev–Trinajstić information content (AvgIpc) is 3.41. The first-order valence-corrected chi connectivity index (χ1v) is 14.8. The molecule has 2 aliphatic rings. The quantitative estimate of drug-likeness (QED) is 0.213. The number of piperazine rings is 1. The molecule has 1 fully saturated rings. The van der Waals surface area contributed by atoms with Gasteiger partial charge in [0.25, 0.3) is 0 Å². The maximum absolute atomic E-state index is 6.59. The monoisotopic (exact) mass is 572 g/mol. The number of hydrogen-bond acceptors (Lipinski definition) is 5. The van der Waals surface area contributed by atoms with Gasteiger partial charge in [-0.25, -0.2) is 0 Å². The number of aromatic nitrogens is 1. The van der Waals surface area contributed by atoms with Gasteiger partial charge in [-0.05, 0) is 78.3 Å². The molecule has 42 heavy (non-hydrogen) atoms. The fraction of sp³-hybridized carbons (Fsp3) is 0.194. The first-order chi connectivity index (χ1) is 20.5. The number of rotatable bonds is 5. The van der Waals surface area contributed by atoms with E-state index in [-0.39, 0.29) is 0 Å². The molecular weight excluding hydrogens is 540 g/mol. The highest BCUT2D eigenvalue weighted by molar-refractivity contribution is 6.30. The molecule has 0 saturated carbocycles. The van der Waals surface area contributed by atoms with E-state index in [9.17, 15) is 0 Å². The predicted molar refractivity (Wildman–Crippen MR) is 173 cm³/mol. The van der Waals surface area contributed by atoms with Crippen LogP contribution in [0.3, 0.4) is 0 Å². The van der Waals surface area contributed by atoms with Crippen LogP contribution < -0.4 is 9.80 Å². The molecule has 2 aromatic heterocycles. The van der Waals surface area contributed by atoms with E-state index in [4.69, 9.17) is 16.0 Å². The van der Waals surface area contributed by atoms with E-state index in [2.05, 4.69) is 87.9 Å². The molecule has 0 atom stereocenters. The standard InChI is InChI=1S/C36H33ClN4O/c1-25-36-30(22-35(42-36)26-9-11-31(37)12-10-26)20-29-21-32(40-18-16-39(2)17-19-40)13-14-34(29)41(25)24-28-6-3-4-8-33(28)27-7-5-15-38-23-27/h3-15,21-23H,1,16-20,24H2,2H3. The summed E-state index contributed by atoms with van der Waals surface area (Å²) in [6, 6.07) is 29.5. The summed E-state index contributed by atoms with van der Waals surface area (Å²) < 4.78 is 6.59. The number of anilines is 2. The van der Waals surface area contributed by atoms with E-state index in [0.717, 1.165) is 66.5 Å². The Morgan fingerprint density at radius 2 is 1.67 bits per heavy atom. The summed E-state index contributed by atoms with van der Waals surface area (Å²) >= 11 is 6.18. The molecule has 0 radical (unpaired) electrons. The van der Waals surface area contributed by atoms with E-state index < -0.39 is 0 Å². The lowest BCUT2D eigenvalue weighted by molar-refractivity contribution is 0.313. The van der Waals surface area contributed by atoms with Gasteiger partial charge >= 0.3 is 0 Å².